The number of hydrogen-bond donors (Lipinski definition) is 2. The van der Waals surface area contributed by atoms with Crippen molar-refractivity contribution in [1.29, 1.82) is 0 Å². The molecule has 1 amide bonds. The predicted octanol–water partition coefficient (Wildman–Crippen LogP) is 4.49. The van der Waals surface area contributed by atoms with Crippen LogP contribution in [0.3, 0.4) is 0 Å². The molecule has 0 bridgehead atoms. The molecule has 0 saturated carbocycles. The molecule has 4 rings (SSSR count). The van der Waals surface area contributed by atoms with Crippen molar-refractivity contribution in [1.82, 2.24) is 15.0 Å². The highest BCUT2D eigenvalue weighted by atomic mass is 19.4. The van der Waals surface area contributed by atoms with E-state index in [1.807, 2.05) is 19.1 Å². The van der Waals surface area contributed by atoms with Gasteiger partial charge in [-0.25, -0.2) is 9.97 Å². The zero-order chi connectivity index (χ0) is 23.6. The zero-order valence-corrected chi connectivity index (χ0v) is 18.1. The summed E-state index contributed by atoms with van der Waals surface area (Å²) in [5.41, 5.74) is 2.49. The summed E-state index contributed by atoms with van der Waals surface area (Å²) in [6, 6.07) is 6.23. The van der Waals surface area contributed by atoms with Gasteiger partial charge in [-0.1, -0.05) is 6.07 Å². The average Bonchev–Trinajstić information content (AvgIpc) is 3.29. The van der Waals surface area contributed by atoms with Gasteiger partial charge in [-0.15, -0.1) is 0 Å². The van der Waals surface area contributed by atoms with Crippen molar-refractivity contribution in [3.63, 3.8) is 0 Å². The summed E-state index contributed by atoms with van der Waals surface area (Å²) < 4.78 is 38.8. The molecule has 0 unspecified atom stereocenters. The van der Waals surface area contributed by atoms with E-state index < -0.39 is 17.6 Å². The van der Waals surface area contributed by atoms with E-state index in [0.717, 1.165) is 48.6 Å². The number of aromatic nitrogens is 3. The lowest BCUT2D eigenvalue weighted by atomic mass is 9.92. The number of hydrogen-bond acceptors (Lipinski definition) is 6. The minimum atomic E-state index is -4.53. The number of nitrogens with zero attached hydrogens (tertiary/aromatic N) is 4. The lowest BCUT2D eigenvalue weighted by Crippen LogP contribution is -2.20. The van der Waals surface area contributed by atoms with E-state index in [9.17, 15) is 18.0 Å². The summed E-state index contributed by atoms with van der Waals surface area (Å²) in [6.45, 7) is 3.58. The van der Waals surface area contributed by atoms with Crippen molar-refractivity contribution in [3.8, 4) is 0 Å². The highest BCUT2D eigenvalue weighted by Gasteiger charge is 2.31. The second-order valence-corrected chi connectivity index (χ2v) is 7.93. The molecule has 33 heavy (non-hydrogen) atoms. The molecule has 7 nitrogen and oxygen atoms in total. The maximum Gasteiger partial charge on any atom is 0.417 e. The first-order valence-electron chi connectivity index (χ1n) is 10.4. The molecule has 1 aromatic carbocycles. The van der Waals surface area contributed by atoms with Crippen molar-refractivity contribution < 1.29 is 18.0 Å². The van der Waals surface area contributed by atoms with Crippen LogP contribution in [0, 0.1) is 6.92 Å². The average molecular weight is 456 g/mol. The van der Waals surface area contributed by atoms with Crippen molar-refractivity contribution in [2.45, 2.75) is 25.4 Å². The minimum absolute atomic E-state index is 0.00555. The summed E-state index contributed by atoms with van der Waals surface area (Å²) in [7, 11) is 1.76. The van der Waals surface area contributed by atoms with Crippen LogP contribution in [0.5, 0.6) is 0 Å². The molecule has 1 aliphatic heterocycles. The molecule has 1 saturated heterocycles. The molecule has 2 N–H and O–H groups in total. The Morgan fingerprint density at radius 3 is 2.58 bits per heavy atom. The van der Waals surface area contributed by atoms with Crippen molar-refractivity contribution in [2.24, 2.45) is 0 Å². The van der Waals surface area contributed by atoms with Gasteiger partial charge in [0.05, 0.1) is 35.5 Å². The van der Waals surface area contributed by atoms with Gasteiger partial charge in [-0.3, -0.25) is 9.78 Å². The number of halogens is 3. The Hall–Kier alpha value is -3.69. The van der Waals surface area contributed by atoms with Crippen LogP contribution in [0.25, 0.3) is 0 Å². The van der Waals surface area contributed by atoms with E-state index in [1.54, 1.807) is 25.5 Å². The Kier molecular flexibility index (Phi) is 6.17. The number of pyridine rings is 1. The maximum atomic E-state index is 12.9. The number of rotatable bonds is 5. The van der Waals surface area contributed by atoms with Gasteiger partial charge in [0.15, 0.2) is 0 Å². The monoisotopic (exact) mass is 456 g/mol. The molecule has 0 radical (unpaired) electrons. The highest BCUT2D eigenvalue weighted by molar-refractivity contribution is 6.04. The van der Waals surface area contributed by atoms with Gasteiger partial charge in [0, 0.05) is 37.8 Å². The lowest BCUT2D eigenvalue weighted by Gasteiger charge is -2.19. The Morgan fingerprint density at radius 2 is 1.88 bits per heavy atom. The largest absolute Gasteiger partial charge is 0.417 e. The molecule has 0 spiro atoms. The number of alkyl halides is 3. The SMILES string of the molecule is CNc1ncc(N2CC[C@@H](c3cc(C(=O)Nc4cncc(C(F)(F)F)c4)ccc3C)C2)cn1. The number of aryl methyl sites for hydroxylation is 1. The third kappa shape index (κ3) is 5.05. The van der Waals surface area contributed by atoms with Crippen LogP contribution >= 0.6 is 0 Å². The fraction of sp³-hybridized carbons (Fsp3) is 0.304. The molecule has 1 aliphatic rings. The number of amides is 1. The van der Waals surface area contributed by atoms with Crippen molar-refractivity contribution in [2.75, 3.05) is 35.7 Å². The van der Waals surface area contributed by atoms with Gasteiger partial charge in [0.25, 0.3) is 5.91 Å². The summed E-state index contributed by atoms with van der Waals surface area (Å²) >= 11 is 0. The zero-order valence-electron chi connectivity index (χ0n) is 18.1. The first-order chi connectivity index (χ1) is 15.7. The van der Waals surface area contributed by atoms with Crippen LogP contribution in [-0.2, 0) is 6.18 Å². The standard InChI is InChI=1S/C23H23F3N6O/c1-14-3-4-15(21(33)31-18-8-17(9-28-10-18)23(24,25)26)7-20(14)16-5-6-32(13-16)19-11-29-22(27-2)30-12-19/h3-4,7-12,16H,5-6,13H2,1-2H3,(H,31,33)(H,27,29,30)/t16-/m1/s1. The molecule has 2 aromatic heterocycles. The predicted molar refractivity (Wildman–Crippen MR) is 120 cm³/mol. The lowest BCUT2D eigenvalue weighted by molar-refractivity contribution is -0.137. The van der Waals surface area contributed by atoms with E-state index in [2.05, 4.69) is 30.5 Å². The Morgan fingerprint density at radius 1 is 1.12 bits per heavy atom. The van der Waals surface area contributed by atoms with Crippen LogP contribution in [0.15, 0.2) is 49.1 Å². The first-order valence-corrected chi connectivity index (χ1v) is 10.4. The minimum Gasteiger partial charge on any atom is -0.368 e. The van der Waals surface area contributed by atoms with E-state index >= 15 is 0 Å². The molecule has 0 aliphatic carbocycles. The smallest absolute Gasteiger partial charge is 0.368 e. The number of anilines is 3. The number of carbonyl (C=O) groups is 1. The van der Waals surface area contributed by atoms with Gasteiger partial charge in [0.2, 0.25) is 5.95 Å². The highest BCUT2D eigenvalue weighted by Crippen LogP contribution is 2.33. The second-order valence-electron chi connectivity index (χ2n) is 7.93. The van der Waals surface area contributed by atoms with Crippen LogP contribution in [0.2, 0.25) is 0 Å². The summed E-state index contributed by atoms with van der Waals surface area (Å²) in [6.07, 6.45) is 1.85. The third-order valence-corrected chi connectivity index (χ3v) is 5.72. The second kappa shape index (κ2) is 9.05. The molecular weight excluding hydrogens is 433 g/mol. The molecule has 1 atom stereocenters. The van der Waals surface area contributed by atoms with Crippen molar-refractivity contribution >= 4 is 23.2 Å². The Balaban J connectivity index is 1.49. The van der Waals surface area contributed by atoms with E-state index in [-0.39, 0.29) is 11.6 Å². The fourth-order valence-corrected chi connectivity index (χ4v) is 3.95. The van der Waals surface area contributed by atoms with E-state index in [1.165, 1.54) is 6.20 Å². The number of carbonyl (C=O) groups excluding carboxylic acids is 1. The molecule has 1 fully saturated rings. The third-order valence-electron chi connectivity index (χ3n) is 5.72. The van der Waals surface area contributed by atoms with Gasteiger partial charge < -0.3 is 15.5 Å². The van der Waals surface area contributed by atoms with Crippen LogP contribution in [0.1, 0.15) is 39.4 Å². The Bertz CT molecular complexity index is 1150. The van der Waals surface area contributed by atoms with Gasteiger partial charge >= 0.3 is 6.18 Å². The molecule has 172 valence electrons. The summed E-state index contributed by atoms with van der Waals surface area (Å²) in [4.78, 5) is 27.1. The van der Waals surface area contributed by atoms with Gasteiger partial charge in [-0.05, 0) is 42.7 Å². The topological polar surface area (TPSA) is 83.0 Å². The van der Waals surface area contributed by atoms with E-state index in [4.69, 9.17) is 0 Å². The van der Waals surface area contributed by atoms with E-state index in [0.29, 0.717) is 11.5 Å². The maximum absolute atomic E-state index is 12.9. The normalized spacial score (nSPS) is 16.0. The fourth-order valence-electron chi connectivity index (χ4n) is 3.95. The molecular formula is C23H23F3N6O. The molecule has 3 heterocycles. The van der Waals surface area contributed by atoms with Crippen LogP contribution in [-0.4, -0.2) is 41.0 Å². The number of nitrogens with one attached hydrogen (secondary N) is 2. The first kappa shape index (κ1) is 22.5. The van der Waals surface area contributed by atoms with Crippen molar-refractivity contribution in [3.05, 3.63) is 71.3 Å². The summed E-state index contributed by atoms with van der Waals surface area (Å²) in [5.74, 6) is 0.278. The van der Waals surface area contributed by atoms with Crippen LogP contribution < -0.4 is 15.5 Å². The van der Waals surface area contributed by atoms with Crippen LogP contribution in [0.4, 0.5) is 30.5 Å². The summed E-state index contributed by atoms with van der Waals surface area (Å²) in [5, 5.41) is 5.41. The number of benzene rings is 1. The Labute approximate surface area is 189 Å². The van der Waals surface area contributed by atoms with Gasteiger partial charge in [-0.2, -0.15) is 13.2 Å². The molecule has 3 aromatic rings. The van der Waals surface area contributed by atoms with Gasteiger partial charge in [0.1, 0.15) is 0 Å². The molecule has 10 heteroatoms. The quantitative estimate of drug-likeness (QED) is 0.589.